The summed E-state index contributed by atoms with van der Waals surface area (Å²) in [5.74, 6) is -0.161. The number of ketones is 1. The minimum atomic E-state index is -0.496. The van der Waals surface area contributed by atoms with Gasteiger partial charge in [-0.2, -0.15) is 0 Å². The maximum absolute atomic E-state index is 11.9. The SMILES string of the molecule is O=C1C(=O)N(CNc2cccc[nH+]2)c2ccccc21. The molecule has 0 spiro atoms. The van der Waals surface area contributed by atoms with Crippen molar-refractivity contribution >= 4 is 23.2 Å². The number of rotatable bonds is 3. The third-order valence-corrected chi connectivity index (χ3v) is 3.02. The molecule has 5 heteroatoms. The van der Waals surface area contributed by atoms with Crippen LogP contribution in [0.2, 0.25) is 0 Å². The Balaban J connectivity index is 1.82. The number of aromatic nitrogens is 1. The second kappa shape index (κ2) is 4.53. The van der Waals surface area contributed by atoms with Crippen LogP contribution in [0.15, 0.2) is 48.7 Å². The van der Waals surface area contributed by atoms with Gasteiger partial charge in [0.15, 0.2) is 6.67 Å². The number of carbonyl (C=O) groups is 2. The van der Waals surface area contributed by atoms with Crippen molar-refractivity contribution in [3.8, 4) is 0 Å². The van der Waals surface area contributed by atoms with Crippen LogP contribution in [0.4, 0.5) is 11.5 Å². The van der Waals surface area contributed by atoms with E-state index in [1.165, 1.54) is 4.90 Å². The number of para-hydroxylation sites is 1. The van der Waals surface area contributed by atoms with Gasteiger partial charge in [-0.15, -0.1) is 0 Å². The first-order chi connectivity index (χ1) is 9.27. The lowest BCUT2D eigenvalue weighted by atomic mass is 10.1. The number of H-pyrrole nitrogens is 1. The number of benzene rings is 1. The molecule has 94 valence electrons. The van der Waals surface area contributed by atoms with Crippen molar-refractivity contribution in [1.82, 2.24) is 0 Å². The Kier molecular flexibility index (Phi) is 2.72. The Morgan fingerprint density at radius 3 is 2.63 bits per heavy atom. The van der Waals surface area contributed by atoms with Crippen LogP contribution >= 0.6 is 0 Å². The highest BCUT2D eigenvalue weighted by Gasteiger charge is 2.36. The second-order valence-corrected chi connectivity index (χ2v) is 4.19. The van der Waals surface area contributed by atoms with Crippen LogP contribution in [-0.2, 0) is 4.79 Å². The van der Waals surface area contributed by atoms with E-state index in [2.05, 4.69) is 10.3 Å². The Morgan fingerprint density at radius 1 is 1.05 bits per heavy atom. The summed E-state index contributed by atoms with van der Waals surface area (Å²) in [6, 6.07) is 12.6. The van der Waals surface area contributed by atoms with Crippen molar-refractivity contribution < 1.29 is 14.6 Å². The molecule has 0 radical (unpaired) electrons. The predicted molar refractivity (Wildman–Crippen MR) is 69.7 cm³/mol. The van der Waals surface area contributed by atoms with Crippen molar-refractivity contribution in [1.29, 1.82) is 0 Å². The van der Waals surface area contributed by atoms with E-state index in [9.17, 15) is 9.59 Å². The van der Waals surface area contributed by atoms with Crippen LogP contribution < -0.4 is 15.2 Å². The first-order valence-corrected chi connectivity index (χ1v) is 5.93. The Labute approximate surface area is 109 Å². The summed E-state index contributed by atoms with van der Waals surface area (Å²) in [6.45, 7) is 0.252. The van der Waals surface area contributed by atoms with Gasteiger partial charge in [0.25, 0.3) is 11.6 Å². The molecule has 0 atom stereocenters. The molecule has 19 heavy (non-hydrogen) atoms. The molecule has 1 aliphatic heterocycles. The average Bonchev–Trinajstić information content (AvgIpc) is 2.71. The minimum Gasteiger partial charge on any atom is -0.283 e. The van der Waals surface area contributed by atoms with Crippen molar-refractivity contribution in [2.75, 3.05) is 16.9 Å². The zero-order valence-corrected chi connectivity index (χ0v) is 10.1. The van der Waals surface area contributed by atoms with Crippen LogP contribution in [0, 0.1) is 0 Å². The number of hydrogen-bond donors (Lipinski definition) is 1. The maximum atomic E-state index is 11.9. The highest BCUT2D eigenvalue weighted by Crippen LogP contribution is 2.27. The number of hydrogen-bond acceptors (Lipinski definition) is 3. The number of Topliss-reactive ketones (excluding diaryl/α,β-unsaturated/α-hetero) is 1. The number of nitrogens with one attached hydrogen (secondary N) is 2. The van der Waals surface area contributed by atoms with E-state index in [0.717, 1.165) is 5.82 Å². The van der Waals surface area contributed by atoms with E-state index >= 15 is 0 Å². The van der Waals surface area contributed by atoms with E-state index < -0.39 is 11.7 Å². The van der Waals surface area contributed by atoms with Gasteiger partial charge in [-0.3, -0.25) is 19.8 Å². The van der Waals surface area contributed by atoms with Gasteiger partial charge < -0.3 is 0 Å². The summed E-state index contributed by atoms with van der Waals surface area (Å²) in [4.78, 5) is 28.2. The van der Waals surface area contributed by atoms with Gasteiger partial charge in [0, 0.05) is 6.07 Å². The lowest BCUT2D eigenvalue weighted by Gasteiger charge is -2.13. The van der Waals surface area contributed by atoms with E-state index in [-0.39, 0.29) is 6.67 Å². The molecule has 0 bridgehead atoms. The number of amides is 1. The monoisotopic (exact) mass is 254 g/mol. The fraction of sp³-hybridized carbons (Fsp3) is 0.0714. The number of fused-ring (bicyclic) bond motifs is 1. The molecular formula is C14H12N3O2+. The van der Waals surface area contributed by atoms with E-state index in [4.69, 9.17) is 0 Å². The van der Waals surface area contributed by atoms with Crippen molar-refractivity contribution in [2.45, 2.75) is 0 Å². The van der Waals surface area contributed by atoms with Gasteiger partial charge >= 0.3 is 5.91 Å². The molecule has 0 unspecified atom stereocenters. The van der Waals surface area contributed by atoms with Gasteiger partial charge in [-0.05, 0) is 18.2 Å². The summed E-state index contributed by atoms with van der Waals surface area (Å²) >= 11 is 0. The van der Waals surface area contributed by atoms with Crippen LogP contribution in [0.25, 0.3) is 0 Å². The van der Waals surface area contributed by atoms with Crippen molar-refractivity contribution in [3.63, 3.8) is 0 Å². The van der Waals surface area contributed by atoms with Crippen molar-refractivity contribution in [2.24, 2.45) is 0 Å². The standard InChI is InChI=1S/C14H11N3O2/c18-13-10-5-1-2-6-11(10)17(14(13)19)9-16-12-7-3-4-8-15-12/h1-8H,9H2,(H,15,16)/p+1. The maximum Gasteiger partial charge on any atom is 0.302 e. The highest BCUT2D eigenvalue weighted by molar-refractivity contribution is 6.52. The molecule has 2 heterocycles. The number of nitrogens with zero attached hydrogens (tertiary/aromatic N) is 1. The normalized spacial score (nSPS) is 13.6. The van der Waals surface area contributed by atoms with Gasteiger partial charge in [-0.25, -0.2) is 4.98 Å². The first kappa shape index (κ1) is 11.4. The molecule has 3 rings (SSSR count). The molecule has 2 N–H and O–H groups in total. The third-order valence-electron chi connectivity index (χ3n) is 3.02. The summed E-state index contributed by atoms with van der Waals surface area (Å²) in [5.41, 5.74) is 1.12. The molecule has 1 aromatic heterocycles. The minimum absolute atomic E-state index is 0.252. The Morgan fingerprint density at radius 2 is 1.84 bits per heavy atom. The van der Waals surface area contributed by atoms with Crippen LogP contribution in [0.1, 0.15) is 10.4 Å². The fourth-order valence-electron chi connectivity index (χ4n) is 2.07. The molecular weight excluding hydrogens is 242 g/mol. The van der Waals surface area contributed by atoms with E-state index in [1.54, 1.807) is 24.4 Å². The molecule has 0 saturated carbocycles. The van der Waals surface area contributed by atoms with Crippen LogP contribution in [-0.4, -0.2) is 18.4 Å². The average molecular weight is 254 g/mol. The molecule has 0 saturated heterocycles. The molecule has 0 fully saturated rings. The summed E-state index contributed by atoms with van der Waals surface area (Å²) in [7, 11) is 0. The topological polar surface area (TPSA) is 63.6 Å². The summed E-state index contributed by atoms with van der Waals surface area (Å²) in [5, 5.41) is 3.08. The van der Waals surface area contributed by atoms with E-state index in [0.29, 0.717) is 11.3 Å². The Hall–Kier alpha value is -2.69. The molecule has 5 nitrogen and oxygen atoms in total. The number of carbonyl (C=O) groups excluding carboxylic acids is 2. The Bertz CT molecular complexity index is 640. The van der Waals surface area contributed by atoms with Gasteiger partial charge in [0.1, 0.15) is 0 Å². The summed E-state index contributed by atoms with van der Waals surface area (Å²) in [6.07, 6.45) is 1.78. The van der Waals surface area contributed by atoms with Crippen LogP contribution in [0.5, 0.6) is 0 Å². The van der Waals surface area contributed by atoms with Gasteiger partial charge in [0.05, 0.1) is 17.4 Å². The van der Waals surface area contributed by atoms with Crippen molar-refractivity contribution in [3.05, 3.63) is 54.2 Å². The smallest absolute Gasteiger partial charge is 0.283 e. The lowest BCUT2D eigenvalue weighted by molar-refractivity contribution is -0.361. The second-order valence-electron chi connectivity index (χ2n) is 4.19. The van der Waals surface area contributed by atoms with Gasteiger partial charge in [0.2, 0.25) is 0 Å². The zero-order chi connectivity index (χ0) is 13.2. The molecule has 0 aliphatic carbocycles. The largest absolute Gasteiger partial charge is 0.302 e. The number of aromatic amines is 1. The molecule has 1 aliphatic rings. The zero-order valence-electron chi connectivity index (χ0n) is 10.1. The quantitative estimate of drug-likeness (QED) is 0.834. The lowest BCUT2D eigenvalue weighted by Crippen LogP contribution is -2.35. The number of pyridine rings is 1. The highest BCUT2D eigenvalue weighted by atomic mass is 16.2. The summed E-state index contributed by atoms with van der Waals surface area (Å²) < 4.78 is 0. The van der Waals surface area contributed by atoms with Gasteiger partial charge in [-0.1, -0.05) is 18.2 Å². The molecule has 1 amide bonds. The predicted octanol–water partition coefficient (Wildman–Crippen LogP) is 1.10. The van der Waals surface area contributed by atoms with Crippen LogP contribution in [0.3, 0.4) is 0 Å². The fourth-order valence-corrected chi connectivity index (χ4v) is 2.07. The third kappa shape index (κ3) is 1.95. The number of anilines is 2. The van der Waals surface area contributed by atoms with E-state index in [1.807, 2.05) is 24.3 Å². The molecule has 2 aromatic rings. The molecule has 1 aromatic carbocycles. The first-order valence-electron chi connectivity index (χ1n) is 5.93.